The van der Waals surface area contributed by atoms with Crippen LogP contribution in [0.25, 0.3) is 0 Å². The monoisotopic (exact) mass is 182 g/mol. The summed E-state index contributed by atoms with van der Waals surface area (Å²) in [4.78, 5) is 15.6. The third-order valence-electron chi connectivity index (χ3n) is 1.94. The lowest BCUT2D eigenvalue weighted by Crippen LogP contribution is -2.21. The first kappa shape index (κ1) is 8.25. The second-order valence-electron chi connectivity index (χ2n) is 3.03. The van der Waals surface area contributed by atoms with Gasteiger partial charge in [0.15, 0.2) is 0 Å². The lowest BCUT2D eigenvalue weighted by molar-refractivity contribution is 0.0501. The fourth-order valence-electron chi connectivity index (χ4n) is 1.11. The smallest absolute Gasteiger partial charge is 0.313 e. The van der Waals surface area contributed by atoms with Gasteiger partial charge in [0.1, 0.15) is 0 Å². The van der Waals surface area contributed by atoms with E-state index in [2.05, 4.69) is 15.5 Å². The van der Waals surface area contributed by atoms with Gasteiger partial charge in [0, 0.05) is 12.0 Å². The van der Waals surface area contributed by atoms with E-state index in [0.29, 0.717) is 5.92 Å². The van der Waals surface area contributed by atoms with Gasteiger partial charge in [0.2, 0.25) is 5.76 Å². The van der Waals surface area contributed by atoms with Gasteiger partial charge in [0.25, 0.3) is 0 Å². The molecule has 1 aromatic heterocycles. The summed E-state index contributed by atoms with van der Waals surface area (Å²) in [7, 11) is 1.37. The molecule has 0 atom stereocenters. The topological polar surface area (TPSA) is 64.4 Å². The molecule has 5 heteroatoms. The van der Waals surface area contributed by atoms with E-state index in [0.717, 1.165) is 18.5 Å². The summed E-state index contributed by atoms with van der Waals surface area (Å²) in [6.07, 6.45) is 2.27. The van der Waals surface area contributed by atoms with E-state index in [1.807, 2.05) is 0 Å². The number of hydrogen-bond acceptors (Lipinski definition) is 4. The molecule has 1 aromatic rings. The molecule has 0 aromatic carbocycles. The van der Waals surface area contributed by atoms with Gasteiger partial charge in [-0.2, -0.15) is 0 Å². The van der Waals surface area contributed by atoms with Crippen molar-refractivity contribution in [2.45, 2.75) is 18.8 Å². The molecule has 0 aliphatic heterocycles. The second kappa shape index (κ2) is 3.18. The Labute approximate surface area is 75.0 Å². The molecule has 1 aliphatic carbocycles. The fraction of sp³-hybridized carbons (Fsp3) is 0.500. The quantitative estimate of drug-likeness (QED) is 0.703. The van der Waals surface area contributed by atoms with Crippen molar-refractivity contribution < 1.29 is 14.2 Å². The zero-order valence-corrected chi connectivity index (χ0v) is 7.24. The Hall–Kier alpha value is -1.36. The first-order chi connectivity index (χ1) is 6.31. The molecule has 70 valence electrons. The Bertz CT molecular complexity index is 317. The van der Waals surface area contributed by atoms with Crippen molar-refractivity contribution in [1.29, 1.82) is 0 Å². The molecule has 13 heavy (non-hydrogen) atoms. The molecule has 1 N–H and O–H groups in total. The molecule has 0 bridgehead atoms. The maximum Gasteiger partial charge on any atom is 0.313 e. The predicted octanol–water partition coefficient (Wildman–Crippen LogP) is 0.843. The van der Waals surface area contributed by atoms with Crippen LogP contribution in [0.1, 0.15) is 35.0 Å². The first-order valence-corrected chi connectivity index (χ1v) is 4.11. The van der Waals surface area contributed by atoms with Crippen molar-refractivity contribution in [1.82, 2.24) is 10.6 Å². The summed E-state index contributed by atoms with van der Waals surface area (Å²) in [5.41, 5.74) is 3.02. The van der Waals surface area contributed by atoms with Crippen LogP contribution in [0, 0.1) is 0 Å². The number of hydroxylamine groups is 1. The van der Waals surface area contributed by atoms with Crippen LogP contribution in [0.4, 0.5) is 0 Å². The molecule has 1 fully saturated rings. The number of carbonyl (C=O) groups excluding carboxylic acids is 1. The van der Waals surface area contributed by atoms with E-state index in [-0.39, 0.29) is 5.76 Å². The summed E-state index contributed by atoms with van der Waals surface area (Å²) >= 11 is 0. The average molecular weight is 182 g/mol. The summed E-state index contributed by atoms with van der Waals surface area (Å²) in [6, 6.07) is 1.66. The van der Waals surface area contributed by atoms with Crippen molar-refractivity contribution in [3.05, 3.63) is 17.5 Å². The third kappa shape index (κ3) is 1.70. The Balaban J connectivity index is 2.07. The second-order valence-corrected chi connectivity index (χ2v) is 3.03. The van der Waals surface area contributed by atoms with Gasteiger partial charge >= 0.3 is 5.91 Å². The van der Waals surface area contributed by atoms with Crippen molar-refractivity contribution in [3.8, 4) is 0 Å². The third-order valence-corrected chi connectivity index (χ3v) is 1.94. The molecular weight excluding hydrogens is 172 g/mol. The maximum atomic E-state index is 11.1. The highest BCUT2D eigenvalue weighted by atomic mass is 16.6. The molecular formula is C8H10N2O3. The van der Waals surface area contributed by atoms with E-state index in [1.54, 1.807) is 6.07 Å². The number of rotatable bonds is 3. The Morgan fingerprint density at radius 2 is 2.54 bits per heavy atom. The highest BCUT2D eigenvalue weighted by Crippen LogP contribution is 2.39. The SMILES string of the molecule is CONC(=O)c1cc(C2CC2)no1. The molecule has 1 aliphatic rings. The first-order valence-electron chi connectivity index (χ1n) is 4.11. The predicted molar refractivity (Wildman–Crippen MR) is 43.0 cm³/mol. The minimum atomic E-state index is -0.401. The zero-order valence-electron chi connectivity index (χ0n) is 7.24. The van der Waals surface area contributed by atoms with Crippen molar-refractivity contribution >= 4 is 5.91 Å². The van der Waals surface area contributed by atoms with Crippen LogP contribution in [0.15, 0.2) is 10.6 Å². The average Bonchev–Trinajstić information content (AvgIpc) is 2.84. The van der Waals surface area contributed by atoms with Gasteiger partial charge in [-0.3, -0.25) is 9.63 Å². The van der Waals surface area contributed by atoms with Crippen LogP contribution in [-0.2, 0) is 4.84 Å². The molecule has 0 unspecified atom stereocenters. The van der Waals surface area contributed by atoms with Crippen molar-refractivity contribution in [3.63, 3.8) is 0 Å². The van der Waals surface area contributed by atoms with Crippen molar-refractivity contribution in [2.75, 3.05) is 7.11 Å². The molecule has 0 radical (unpaired) electrons. The minimum absolute atomic E-state index is 0.198. The van der Waals surface area contributed by atoms with Crippen LogP contribution >= 0.6 is 0 Å². The van der Waals surface area contributed by atoms with Gasteiger partial charge in [-0.1, -0.05) is 5.16 Å². The van der Waals surface area contributed by atoms with E-state index >= 15 is 0 Å². The molecule has 1 heterocycles. The number of nitrogens with one attached hydrogen (secondary N) is 1. The van der Waals surface area contributed by atoms with E-state index in [9.17, 15) is 4.79 Å². The van der Waals surface area contributed by atoms with E-state index in [1.165, 1.54) is 7.11 Å². The number of nitrogens with zero attached hydrogens (tertiary/aromatic N) is 1. The number of amides is 1. The lowest BCUT2D eigenvalue weighted by atomic mass is 10.3. The fourth-order valence-corrected chi connectivity index (χ4v) is 1.11. The summed E-state index contributed by atoms with van der Waals surface area (Å²) in [6.45, 7) is 0. The summed E-state index contributed by atoms with van der Waals surface area (Å²) < 4.78 is 4.84. The highest BCUT2D eigenvalue weighted by Gasteiger charge is 2.28. The molecule has 1 saturated carbocycles. The highest BCUT2D eigenvalue weighted by molar-refractivity contribution is 5.90. The van der Waals surface area contributed by atoms with Crippen LogP contribution < -0.4 is 5.48 Å². The number of hydrogen-bond donors (Lipinski definition) is 1. The summed E-state index contributed by atoms with van der Waals surface area (Å²) in [5, 5.41) is 3.79. The maximum absolute atomic E-state index is 11.1. The normalized spacial score (nSPS) is 15.8. The van der Waals surface area contributed by atoms with Crippen LogP contribution in [0.3, 0.4) is 0 Å². The molecule has 2 rings (SSSR count). The molecule has 5 nitrogen and oxygen atoms in total. The van der Waals surface area contributed by atoms with Gasteiger partial charge in [-0.25, -0.2) is 5.48 Å². The standard InChI is InChI=1S/C8H10N2O3/c1-12-10-8(11)7-4-6(9-13-7)5-2-3-5/h4-5H,2-3H2,1H3,(H,10,11). The molecule has 1 amide bonds. The number of carbonyl (C=O) groups is 1. The Morgan fingerprint density at radius 1 is 1.77 bits per heavy atom. The lowest BCUT2D eigenvalue weighted by Gasteiger charge is -1.94. The number of aromatic nitrogens is 1. The van der Waals surface area contributed by atoms with Gasteiger partial charge in [-0.15, -0.1) is 0 Å². The minimum Gasteiger partial charge on any atom is -0.351 e. The van der Waals surface area contributed by atoms with Crippen molar-refractivity contribution in [2.24, 2.45) is 0 Å². The molecule has 0 saturated heterocycles. The molecule has 0 spiro atoms. The van der Waals surface area contributed by atoms with E-state index in [4.69, 9.17) is 4.52 Å². The van der Waals surface area contributed by atoms with Crippen LogP contribution in [0.5, 0.6) is 0 Å². The van der Waals surface area contributed by atoms with Crippen LogP contribution in [0.2, 0.25) is 0 Å². The van der Waals surface area contributed by atoms with Crippen LogP contribution in [-0.4, -0.2) is 18.2 Å². The summed E-state index contributed by atoms with van der Waals surface area (Å²) in [5.74, 6) is 0.290. The van der Waals surface area contributed by atoms with Gasteiger partial charge < -0.3 is 4.52 Å². The Kier molecular flexibility index (Phi) is 2.02. The van der Waals surface area contributed by atoms with E-state index < -0.39 is 5.91 Å². The largest absolute Gasteiger partial charge is 0.351 e. The van der Waals surface area contributed by atoms with Gasteiger partial charge in [-0.05, 0) is 12.8 Å². The Morgan fingerprint density at radius 3 is 3.15 bits per heavy atom. The zero-order chi connectivity index (χ0) is 9.26. The van der Waals surface area contributed by atoms with Gasteiger partial charge in [0.05, 0.1) is 12.8 Å².